The van der Waals surface area contributed by atoms with Gasteiger partial charge in [-0.3, -0.25) is 9.36 Å². The molecule has 2 amide bonds. The van der Waals surface area contributed by atoms with Crippen molar-refractivity contribution in [1.29, 1.82) is 0 Å². The van der Waals surface area contributed by atoms with Crippen molar-refractivity contribution in [2.45, 2.75) is 31.1 Å². The van der Waals surface area contributed by atoms with Gasteiger partial charge in [-0.2, -0.15) is 13.2 Å². The number of carbonyl (C=O) groups excluding carboxylic acids is 1. The molecule has 30 heavy (non-hydrogen) atoms. The average molecular weight is 421 g/mol. The van der Waals surface area contributed by atoms with Crippen LogP contribution in [-0.4, -0.2) is 21.8 Å². The van der Waals surface area contributed by atoms with Gasteiger partial charge in [0.25, 0.3) is 5.56 Å². The molecule has 1 aromatic carbocycles. The Bertz CT molecular complexity index is 1160. The van der Waals surface area contributed by atoms with Crippen molar-refractivity contribution < 1.29 is 22.4 Å². The molecule has 2 aliphatic rings. The molecule has 11 heteroatoms. The van der Waals surface area contributed by atoms with Crippen molar-refractivity contribution >= 4 is 17.5 Å². The van der Waals surface area contributed by atoms with Crippen LogP contribution in [-0.2, 0) is 12.1 Å². The number of amides is 2. The molecular formula is C19H15F4N5O2. The third-order valence-corrected chi connectivity index (χ3v) is 4.85. The quantitative estimate of drug-likeness (QED) is 0.512. The summed E-state index contributed by atoms with van der Waals surface area (Å²) in [5.41, 5.74) is 0.904. The lowest BCUT2D eigenvalue weighted by Crippen LogP contribution is -2.59. The molecule has 7 nitrogen and oxygen atoms in total. The lowest BCUT2D eigenvalue weighted by Gasteiger charge is -2.37. The van der Waals surface area contributed by atoms with Gasteiger partial charge in [0.15, 0.2) is 0 Å². The largest absolute Gasteiger partial charge is 0.427 e. The molecule has 0 radical (unpaired) electrons. The van der Waals surface area contributed by atoms with Crippen LogP contribution in [0.3, 0.4) is 0 Å². The smallest absolute Gasteiger partial charge is 0.383 e. The van der Waals surface area contributed by atoms with Crippen LogP contribution in [0.4, 0.5) is 33.9 Å². The Morgan fingerprint density at radius 1 is 1.27 bits per heavy atom. The normalized spacial score (nSPS) is 20.5. The van der Waals surface area contributed by atoms with Crippen molar-refractivity contribution in [3.63, 3.8) is 0 Å². The van der Waals surface area contributed by atoms with Gasteiger partial charge in [0, 0.05) is 28.8 Å². The van der Waals surface area contributed by atoms with E-state index in [1.165, 1.54) is 0 Å². The molecule has 0 saturated heterocycles. The molecular weight excluding hydrogens is 406 g/mol. The van der Waals surface area contributed by atoms with Gasteiger partial charge in [0.1, 0.15) is 18.0 Å². The number of nitrogens with one attached hydrogen (secondary N) is 2. The number of nitrogens with zero attached hydrogens (tertiary/aromatic N) is 2. The van der Waals surface area contributed by atoms with Gasteiger partial charge < -0.3 is 16.4 Å². The Labute approximate surface area is 167 Å². The standard InChI is InChI=1S/C19H15F4N5O2/c20-13-6-12-14(5-11(13)8-28-9-25-15(24)7-16(28)29)26-17(30)27-18(12,19(21,22)23)4-3-10-1-2-10/h5-7,9-10H,1-2,8,24H2,(H2,26,27,30)/t18-/m0/s1. The molecule has 2 aromatic rings. The van der Waals surface area contributed by atoms with Crippen molar-refractivity contribution in [1.82, 2.24) is 14.9 Å². The highest BCUT2D eigenvalue weighted by molar-refractivity contribution is 5.95. The topological polar surface area (TPSA) is 102 Å². The molecule has 4 N–H and O–H groups in total. The highest BCUT2D eigenvalue weighted by Gasteiger charge is 2.59. The number of fused-ring (bicyclic) bond motifs is 1. The maximum atomic E-state index is 14.8. The van der Waals surface area contributed by atoms with E-state index in [9.17, 15) is 27.2 Å². The van der Waals surface area contributed by atoms with E-state index in [0.717, 1.165) is 23.0 Å². The summed E-state index contributed by atoms with van der Waals surface area (Å²) in [6.45, 7) is -0.318. The fraction of sp³-hybridized carbons (Fsp3) is 0.316. The predicted octanol–water partition coefficient (Wildman–Crippen LogP) is 2.32. The highest BCUT2D eigenvalue weighted by Crippen LogP contribution is 2.45. The van der Waals surface area contributed by atoms with Gasteiger partial charge in [0.2, 0.25) is 5.54 Å². The first-order valence-electron chi connectivity index (χ1n) is 8.92. The number of nitrogens with two attached hydrogens (primary N) is 1. The van der Waals surface area contributed by atoms with Gasteiger partial charge in [-0.25, -0.2) is 14.2 Å². The van der Waals surface area contributed by atoms with Crippen LogP contribution >= 0.6 is 0 Å². The van der Waals surface area contributed by atoms with Gasteiger partial charge in [0.05, 0.1) is 6.54 Å². The number of nitrogen functional groups attached to an aromatic ring is 1. The number of hydrogen-bond donors (Lipinski definition) is 3. The van der Waals surface area contributed by atoms with Gasteiger partial charge in [-0.15, -0.1) is 0 Å². The van der Waals surface area contributed by atoms with E-state index >= 15 is 0 Å². The summed E-state index contributed by atoms with van der Waals surface area (Å²) in [6, 6.07) is 1.66. The Morgan fingerprint density at radius 2 is 2.00 bits per heavy atom. The van der Waals surface area contributed by atoms with Gasteiger partial charge >= 0.3 is 12.2 Å². The minimum absolute atomic E-state index is 0.0234. The minimum atomic E-state index is -4.99. The fourth-order valence-corrected chi connectivity index (χ4v) is 3.12. The van der Waals surface area contributed by atoms with Crippen molar-refractivity contribution in [3.05, 3.63) is 51.8 Å². The summed E-state index contributed by atoms with van der Waals surface area (Å²) < 4.78 is 58.0. The second-order valence-electron chi connectivity index (χ2n) is 7.14. The molecule has 0 bridgehead atoms. The molecule has 2 heterocycles. The molecule has 156 valence electrons. The Morgan fingerprint density at radius 3 is 2.63 bits per heavy atom. The molecule has 1 aliphatic heterocycles. The summed E-state index contributed by atoms with van der Waals surface area (Å²) in [4.78, 5) is 27.7. The highest BCUT2D eigenvalue weighted by atomic mass is 19.4. The van der Waals surface area contributed by atoms with E-state index in [4.69, 9.17) is 5.73 Å². The van der Waals surface area contributed by atoms with Crippen LogP contribution in [0.1, 0.15) is 24.0 Å². The van der Waals surface area contributed by atoms with Crippen molar-refractivity contribution in [2.75, 3.05) is 11.1 Å². The Balaban J connectivity index is 1.82. The van der Waals surface area contributed by atoms with Gasteiger partial charge in [-0.05, 0) is 25.0 Å². The zero-order valence-electron chi connectivity index (χ0n) is 15.3. The number of hydrogen-bond acceptors (Lipinski definition) is 4. The van der Waals surface area contributed by atoms with Crippen LogP contribution in [0.2, 0.25) is 0 Å². The van der Waals surface area contributed by atoms with E-state index in [1.54, 1.807) is 0 Å². The number of urea groups is 1. The average Bonchev–Trinajstić information content (AvgIpc) is 3.46. The minimum Gasteiger partial charge on any atom is -0.383 e. The molecule has 1 aliphatic carbocycles. The number of anilines is 2. The van der Waals surface area contributed by atoms with Crippen molar-refractivity contribution in [3.8, 4) is 11.8 Å². The number of aromatic nitrogens is 2. The molecule has 1 fully saturated rings. The van der Waals surface area contributed by atoms with E-state index in [2.05, 4.69) is 22.1 Å². The summed E-state index contributed by atoms with van der Waals surface area (Å²) >= 11 is 0. The van der Waals surface area contributed by atoms with E-state index in [-0.39, 0.29) is 29.5 Å². The zero-order valence-corrected chi connectivity index (χ0v) is 15.3. The fourth-order valence-electron chi connectivity index (χ4n) is 3.12. The number of alkyl halides is 3. The maximum Gasteiger partial charge on any atom is 0.427 e. The summed E-state index contributed by atoms with van der Waals surface area (Å²) in [5.74, 6) is 3.48. The third-order valence-electron chi connectivity index (χ3n) is 4.85. The van der Waals surface area contributed by atoms with Crippen LogP contribution in [0.25, 0.3) is 0 Å². The second-order valence-corrected chi connectivity index (χ2v) is 7.14. The number of carbonyl (C=O) groups is 1. The van der Waals surface area contributed by atoms with Crippen LogP contribution < -0.4 is 21.9 Å². The summed E-state index contributed by atoms with van der Waals surface area (Å²) in [7, 11) is 0. The van der Waals surface area contributed by atoms with Crippen LogP contribution in [0.5, 0.6) is 0 Å². The zero-order chi connectivity index (χ0) is 21.7. The number of rotatable bonds is 2. The molecule has 1 aromatic heterocycles. The van der Waals surface area contributed by atoms with E-state index < -0.39 is 34.7 Å². The monoisotopic (exact) mass is 421 g/mol. The lowest BCUT2D eigenvalue weighted by molar-refractivity contribution is -0.178. The first-order valence-corrected chi connectivity index (χ1v) is 8.92. The van der Waals surface area contributed by atoms with Crippen molar-refractivity contribution in [2.24, 2.45) is 5.92 Å². The Hall–Kier alpha value is -3.55. The molecule has 0 spiro atoms. The Kier molecular flexibility index (Phi) is 4.45. The van der Waals surface area contributed by atoms with Crippen LogP contribution in [0, 0.1) is 23.6 Å². The van der Waals surface area contributed by atoms with Crippen LogP contribution in [0.15, 0.2) is 29.3 Å². The SMILES string of the molecule is Nc1cc(=O)n(Cc2cc3c(cc2F)[C@@](C#CC2CC2)(C(F)(F)F)NC(=O)N3)cn1. The lowest BCUT2D eigenvalue weighted by atomic mass is 9.85. The maximum absolute atomic E-state index is 14.8. The molecule has 4 rings (SSSR count). The third kappa shape index (κ3) is 3.45. The summed E-state index contributed by atoms with van der Waals surface area (Å²) in [6.07, 6.45) is -2.54. The second kappa shape index (κ2) is 6.76. The summed E-state index contributed by atoms with van der Waals surface area (Å²) in [5, 5.41) is 4.09. The number of halogens is 4. The first-order chi connectivity index (χ1) is 14.1. The molecule has 1 atom stereocenters. The molecule has 0 unspecified atom stereocenters. The van der Waals surface area contributed by atoms with E-state index in [0.29, 0.717) is 18.9 Å². The van der Waals surface area contributed by atoms with E-state index in [1.807, 2.05) is 5.32 Å². The van der Waals surface area contributed by atoms with Gasteiger partial charge in [-0.1, -0.05) is 11.8 Å². The number of benzene rings is 1. The predicted molar refractivity (Wildman–Crippen MR) is 98.8 cm³/mol. The first kappa shape index (κ1) is 19.8. The molecule has 1 saturated carbocycles.